The maximum Gasteiger partial charge on any atom is 0.134 e. The van der Waals surface area contributed by atoms with E-state index < -0.39 is 12.2 Å². The fourth-order valence-corrected chi connectivity index (χ4v) is 5.41. The normalized spacial score (nSPS) is 27.3. The van der Waals surface area contributed by atoms with Gasteiger partial charge in [-0.2, -0.15) is 0 Å². The first-order valence-electron chi connectivity index (χ1n) is 7.41. The first-order chi connectivity index (χ1) is 9.19. The SMILES string of the molecule is OCCCCCCCC[S+]1C[C@H]([C@H](O)CO)[C@H](O)C1.[Cl-]. The lowest BCUT2D eigenvalue weighted by Gasteiger charge is -2.15. The second-order valence-corrected chi connectivity index (χ2v) is 7.78. The molecule has 0 aromatic carbocycles. The van der Waals surface area contributed by atoms with Crippen LogP contribution in [0.3, 0.4) is 0 Å². The third kappa shape index (κ3) is 7.48. The molecule has 0 bridgehead atoms. The Hall–Kier alpha value is 0.480. The Balaban J connectivity index is 0.00000361. The Morgan fingerprint density at radius 2 is 1.55 bits per heavy atom. The molecule has 4 atom stereocenters. The number of halogens is 1. The van der Waals surface area contributed by atoms with Crippen LogP contribution >= 0.6 is 0 Å². The Labute approximate surface area is 131 Å². The van der Waals surface area contributed by atoms with Crippen LogP contribution in [0.4, 0.5) is 0 Å². The molecule has 0 spiro atoms. The van der Waals surface area contributed by atoms with E-state index in [2.05, 4.69) is 0 Å². The van der Waals surface area contributed by atoms with Gasteiger partial charge in [-0.05, 0) is 30.2 Å². The number of unbranched alkanes of at least 4 members (excludes halogenated alkanes) is 5. The minimum atomic E-state index is -0.758. The van der Waals surface area contributed by atoms with Crippen LogP contribution in [0.15, 0.2) is 0 Å². The van der Waals surface area contributed by atoms with E-state index in [9.17, 15) is 10.2 Å². The van der Waals surface area contributed by atoms with Gasteiger partial charge in [0.25, 0.3) is 0 Å². The molecule has 1 rings (SSSR count). The van der Waals surface area contributed by atoms with Gasteiger partial charge < -0.3 is 32.8 Å². The molecule has 20 heavy (non-hydrogen) atoms. The fraction of sp³-hybridized carbons (Fsp3) is 1.00. The Morgan fingerprint density at radius 3 is 2.15 bits per heavy atom. The van der Waals surface area contributed by atoms with E-state index in [4.69, 9.17) is 10.2 Å². The van der Waals surface area contributed by atoms with Crippen LogP contribution in [0.25, 0.3) is 0 Å². The predicted octanol–water partition coefficient (Wildman–Crippen LogP) is -2.71. The Bertz CT molecular complexity index is 233. The molecule has 0 radical (unpaired) electrons. The molecule has 1 aliphatic heterocycles. The zero-order chi connectivity index (χ0) is 14.1. The summed E-state index contributed by atoms with van der Waals surface area (Å²) >= 11 is 0. The van der Waals surface area contributed by atoms with Crippen molar-refractivity contribution >= 4 is 10.9 Å². The maximum absolute atomic E-state index is 9.87. The third-order valence-electron chi connectivity index (χ3n) is 3.85. The molecule has 1 saturated heterocycles. The lowest BCUT2D eigenvalue weighted by molar-refractivity contribution is -0.0000335. The van der Waals surface area contributed by atoms with Crippen LogP contribution in [0.5, 0.6) is 0 Å². The summed E-state index contributed by atoms with van der Waals surface area (Å²) in [5.74, 6) is 2.68. The van der Waals surface area contributed by atoms with Crippen molar-refractivity contribution in [2.45, 2.75) is 50.7 Å². The average Bonchev–Trinajstić information content (AvgIpc) is 2.78. The van der Waals surface area contributed by atoms with Gasteiger partial charge in [0.05, 0.1) is 18.6 Å². The van der Waals surface area contributed by atoms with Gasteiger partial charge in [-0.3, -0.25) is 0 Å². The molecule has 1 aliphatic rings. The van der Waals surface area contributed by atoms with Crippen molar-refractivity contribution in [1.82, 2.24) is 0 Å². The zero-order valence-electron chi connectivity index (χ0n) is 12.1. The molecule has 4 nitrogen and oxygen atoms in total. The summed E-state index contributed by atoms with van der Waals surface area (Å²) in [6, 6.07) is 0. The summed E-state index contributed by atoms with van der Waals surface area (Å²) in [6.07, 6.45) is 5.67. The smallest absolute Gasteiger partial charge is 0.134 e. The van der Waals surface area contributed by atoms with E-state index in [0.717, 1.165) is 30.1 Å². The molecule has 1 heterocycles. The Morgan fingerprint density at radius 1 is 0.950 bits per heavy atom. The van der Waals surface area contributed by atoms with Crippen LogP contribution in [0.1, 0.15) is 38.5 Å². The maximum atomic E-state index is 9.87. The molecular weight excluding hydrogens is 300 g/mol. The van der Waals surface area contributed by atoms with Crippen LogP contribution in [-0.4, -0.2) is 63.1 Å². The first-order valence-corrected chi connectivity index (χ1v) is 9.14. The van der Waals surface area contributed by atoms with E-state index in [1.807, 2.05) is 0 Å². The molecule has 1 unspecified atom stereocenters. The molecule has 0 saturated carbocycles. The minimum absolute atomic E-state index is 0. The monoisotopic (exact) mass is 328 g/mol. The molecule has 122 valence electrons. The van der Waals surface area contributed by atoms with Gasteiger partial charge in [0.15, 0.2) is 0 Å². The highest BCUT2D eigenvalue weighted by Gasteiger charge is 2.43. The zero-order valence-corrected chi connectivity index (χ0v) is 13.7. The summed E-state index contributed by atoms with van der Waals surface area (Å²) in [5.41, 5.74) is 0. The van der Waals surface area contributed by atoms with Crippen molar-refractivity contribution in [3.63, 3.8) is 0 Å². The molecule has 0 aromatic rings. The molecule has 0 amide bonds. The van der Waals surface area contributed by atoms with Crippen molar-refractivity contribution in [2.24, 2.45) is 5.92 Å². The fourth-order valence-electron chi connectivity index (χ4n) is 2.61. The summed E-state index contributed by atoms with van der Waals surface area (Å²) in [6.45, 7) is 0.0553. The van der Waals surface area contributed by atoms with E-state index in [1.165, 1.54) is 25.7 Å². The van der Waals surface area contributed by atoms with Gasteiger partial charge in [-0.25, -0.2) is 0 Å². The molecule has 1 fully saturated rings. The van der Waals surface area contributed by atoms with Crippen molar-refractivity contribution in [2.75, 3.05) is 30.5 Å². The Kier molecular flexibility index (Phi) is 12.4. The predicted molar refractivity (Wildman–Crippen MR) is 79.3 cm³/mol. The molecular formula is C14H29ClO4S. The second kappa shape index (κ2) is 12.1. The van der Waals surface area contributed by atoms with Gasteiger partial charge >= 0.3 is 0 Å². The van der Waals surface area contributed by atoms with Crippen LogP contribution in [0, 0.1) is 5.92 Å². The third-order valence-corrected chi connectivity index (χ3v) is 6.39. The highest BCUT2D eigenvalue weighted by molar-refractivity contribution is 7.97. The van der Waals surface area contributed by atoms with E-state index >= 15 is 0 Å². The van der Waals surface area contributed by atoms with E-state index in [1.54, 1.807) is 0 Å². The summed E-state index contributed by atoms with van der Waals surface area (Å²) < 4.78 is 0. The number of aliphatic hydroxyl groups excluding tert-OH is 4. The van der Waals surface area contributed by atoms with Crippen molar-refractivity contribution in [3.05, 3.63) is 0 Å². The van der Waals surface area contributed by atoms with Gasteiger partial charge in [0.2, 0.25) is 0 Å². The number of aliphatic hydroxyl groups is 4. The summed E-state index contributed by atoms with van der Waals surface area (Å²) in [7, 11) is 0.220. The number of hydrogen-bond donors (Lipinski definition) is 4. The molecule has 0 aromatic heterocycles. The largest absolute Gasteiger partial charge is 1.00 e. The second-order valence-electron chi connectivity index (χ2n) is 5.48. The topological polar surface area (TPSA) is 80.9 Å². The van der Waals surface area contributed by atoms with Gasteiger partial charge in [0, 0.05) is 6.61 Å². The number of hydrogen-bond acceptors (Lipinski definition) is 4. The summed E-state index contributed by atoms with van der Waals surface area (Å²) in [5, 5.41) is 37.1. The standard InChI is InChI=1S/C14H29O4S.ClH/c15-7-5-3-1-2-4-6-8-19-10-12(13(17)9-16)14(18)11-19;/h12-18H,1-11H2;1H/q+1;/p-1/t12-,13-,14-,19?;/m1./s1. The molecule has 6 heteroatoms. The molecule has 4 N–H and O–H groups in total. The van der Waals surface area contributed by atoms with Gasteiger partial charge in [-0.15, -0.1) is 0 Å². The first kappa shape index (κ1) is 20.5. The quantitative estimate of drug-likeness (QED) is 0.260. The van der Waals surface area contributed by atoms with Crippen molar-refractivity contribution in [3.8, 4) is 0 Å². The number of rotatable bonds is 10. The van der Waals surface area contributed by atoms with Crippen LogP contribution in [-0.2, 0) is 10.9 Å². The van der Waals surface area contributed by atoms with Crippen LogP contribution in [0.2, 0.25) is 0 Å². The lowest BCUT2D eigenvalue weighted by atomic mass is 10.0. The minimum Gasteiger partial charge on any atom is -1.00 e. The van der Waals surface area contributed by atoms with Crippen molar-refractivity contribution in [1.29, 1.82) is 0 Å². The van der Waals surface area contributed by atoms with E-state index in [0.29, 0.717) is 6.61 Å². The molecule has 0 aliphatic carbocycles. The van der Waals surface area contributed by atoms with E-state index in [-0.39, 0.29) is 35.8 Å². The lowest BCUT2D eigenvalue weighted by Crippen LogP contribution is -3.00. The van der Waals surface area contributed by atoms with Crippen LogP contribution < -0.4 is 12.4 Å². The summed E-state index contributed by atoms with van der Waals surface area (Å²) in [4.78, 5) is 0. The van der Waals surface area contributed by atoms with Gasteiger partial charge in [0.1, 0.15) is 23.4 Å². The highest BCUT2D eigenvalue weighted by Crippen LogP contribution is 2.25. The highest BCUT2D eigenvalue weighted by atomic mass is 35.5. The van der Waals surface area contributed by atoms with Gasteiger partial charge in [-0.1, -0.05) is 19.3 Å². The average molecular weight is 329 g/mol. The van der Waals surface area contributed by atoms with Crippen molar-refractivity contribution < 1.29 is 32.8 Å².